The molecule has 1 unspecified atom stereocenters. The number of fused-ring (bicyclic) bond motifs is 2. The number of hydrogen-bond donors (Lipinski definition) is 1. The van der Waals surface area contributed by atoms with E-state index < -0.39 is 0 Å². The van der Waals surface area contributed by atoms with Crippen LogP contribution >= 0.6 is 0 Å². The van der Waals surface area contributed by atoms with Crippen molar-refractivity contribution < 1.29 is 14.6 Å². The molecule has 2 aromatic rings. The lowest BCUT2D eigenvalue weighted by molar-refractivity contribution is -0.0150. The molecule has 2 aliphatic rings. The Morgan fingerprint density at radius 3 is 2.38 bits per heavy atom. The number of ether oxygens (including phenoxy) is 1. The SMILES string of the molecule is Cc1cccc(Oc2ccc(C(=O)N3[C@@H]4CCC[C@H]3CC(O)C4)cc2)c1. The normalized spacial score (nSPS) is 25.0. The first-order valence-electron chi connectivity index (χ1n) is 9.45. The minimum Gasteiger partial charge on any atom is -0.457 e. The van der Waals surface area contributed by atoms with Gasteiger partial charge in [-0.25, -0.2) is 0 Å². The predicted molar refractivity (Wildman–Crippen MR) is 101 cm³/mol. The van der Waals surface area contributed by atoms with Crippen LogP contribution in [0.15, 0.2) is 48.5 Å². The highest BCUT2D eigenvalue weighted by molar-refractivity contribution is 5.95. The fourth-order valence-corrected chi connectivity index (χ4v) is 4.31. The van der Waals surface area contributed by atoms with Gasteiger partial charge in [0.15, 0.2) is 0 Å². The van der Waals surface area contributed by atoms with E-state index in [1.165, 1.54) is 0 Å². The van der Waals surface area contributed by atoms with Crippen LogP contribution in [0.5, 0.6) is 11.5 Å². The molecule has 3 atom stereocenters. The van der Waals surface area contributed by atoms with Gasteiger partial charge >= 0.3 is 0 Å². The van der Waals surface area contributed by atoms with Crippen molar-refractivity contribution >= 4 is 5.91 Å². The number of hydrogen-bond acceptors (Lipinski definition) is 3. The fourth-order valence-electron chi connectivity index (χ4n) is 4.31. The molecule has 136 valence electrons. The minimum absolute atomic E-state index is 0.0775. The van der Waals surface area contributed by atoms with Crippen molar-refractivity contribution in [1.82, 2.24) is 4.90 Å². The van der Waals surface area contributed by atoms with Crippen LogP contribution in [-0.4, -0.2) is 34.1 Å². The zero-order valence-electron chi connectivity index (χ0n) is 15.1. The average molecular weight is 351 g/mol. The second-order valence-electron chi connectivity index (χ2n) is 7.52. The molecule has 2 aliphatic heterocycles. The number of rotatable bonds is 3. The lowest BCUT2D eigenvalue weighted by Crippen LogP contribution is -2.55. The summed E-state index contributed by atoms with van der Waals surface area (Å²) in [5.41, 5.74) is 1.84. The molecule has 2 saturated heterocycles. The highest BCUT2D eigenvalue weighted by Gasteiger charge is 2.40. The monoisotopic (exact) mass is 351 g/mol. The van der Waals surface area contributed by atoms with Crippen LogP contribution in [0.3, 0.4) is 0 Å². The maximum absolute atomic E-state index is 13.0. The summed E-state index contributed by atoms with van der Waals surface area (Å²) >= 11 is 0. The Labute approximate surface area is 154 Å². The molecule has 2 bridgehead atoms. The van der Waals surface area contributed by atoms with Crippen molar-refractivity contribution in [1.29, 1.82) is 0 Å². The maximum Gasteiger partial charge on any atom is 0.254 e. The number of carbonyl (C=O) groups is 1. The minimum atomic E-state index is -0.264. The molecular weight excluding hydrogens is 326 g/mol. The van der Waals surface area contributed by atoms with Crippen molar-refractivity contribution in [2.45, 2.75) is 57.2 Å². The molecule has 0 aliphatic carbocycles. The molecule has 2 aromatic carbocycles. The van der Waals surface area contributed by atoms with Crippen LogP contribution in [0.2, 0.25) is 0 Å². The van der Waals surface area contributed by atoms with Gasteiger partial charge in [0, 0.05) is 17.6 Å². The van der Waals surface area contributed by atoms with Gasteiger partial charge < -0.3 is 14.7 Å². The van der Waals surface area contributed by atoms with Crippen LogP contribution in [-0.2, 0) is 0 Å². The van der Waals surface area contributed by atoms with Gasteiger partial charge in [-0.2, -0.15) is 0 Å². The first-order chi connectivity index (χ1) is 12.6. The Bertz CT molecular complexity index is 772. The zero-order chi connectivity index (χ0) is 18.1. The molecule has 0 spiro atoms. The van der Waals surface area contributed by atoms with Crippen LogP contribution in [0, 0.1) is 6.92 Å². The van der Waals surface area contributed by atoms with Crippen molar-refractivity contribution in [3.05, 3.63) is 59.7 Å². The Balaban J connectivity index is 1.49. The Kier molecular flexibility index (Phi) is 4.68. The number of carbonyl (C=O) groups excluding carboxylic acids is 1. The maximum atomic E-state index is 13.0. The number of aryl methyl sites for hydroxylation is 1. The van der Waals surface area contributed by atoms with Crippen LogP contribution in [0.25, 0.3) is 0 Å². The molecule has 0 radical (unpaired) electrons. The average Bonchev–Trinajstić information content (AvgIpc) is 2.61. The summed E-state index contributed by atoms with van der Waals surface area (Å²) in [4.78, 5) is 15.1. The molecule has 1 N–H and O–H groups in total. The first-order valence-corrected chi connectivity index (χ1v) is 9.45. The molecular formula is C22H25NO3. The van der Waals surface area contributed by atoms with E-state index in [0.29, 0.717) is 18.4 Å². The van der Waals surface area contributed by atoms with Gasteiger partial charge in [0.05, 0.1) is 6.10 Å². The van der Waals surface area contributed by atoms with Crippen molar-refractivity contribution in [2.24, 2.45) is 0 Å². The number of aliphatic hydroxyl groups excluding tert-OH is 1. The summed E-state index contributed by atoms with van der Waals surface area (Å²) in [6.45, 7) is 2.03. The van der Waals surface area contributed by atoms with E-state index in [2.05, 4.69) is 0 Å². The lowest BCUT2D eigenvalue weighted by atomic mass is 9.82. The van der Waals surface area contributed by atoms with Gasteiger partial charge in [0.1, 0.15) is 11.5 Å². The second-order valence-corrected chi connectivity index (χ2v) is 7.52. The zero-order valence-corrected chi connectivity index (χ0v) is 15.1. The van der Waals surface area contributed by atoms with E-state index in [-0.39, 0.29) is 24.1 Å². The quantitative estimate of drug-likeness (QED) is 0.897. The van der Waals surface area contributed by atoms with Crippen LogP contribution in [0.1, 0.15) is 48.0 Å². The standard InChI is InChI=1S/C22H25NO3/c1-15-4-2-7-21(12-15)26-20-10-8-16(9-11-20)22(25)23-17-5-3-6-18(23)14-19(24)13-17/h2,4,7-12,17-19,24H,3,5-6,13-14H2,1H3/t17-,18+,19?. The number of aliphatic hydroxyl groups is 1. The summed E-state index contributed by atoms with van der Waals surface area (Å²) in [6.07, 6.45) is 4.28. The summed E-state index contributed by atoms with van der Waals surface area (Å²) in [6, 6.07) is 15.6. The Hall–Kier alpha value is -2.33. The van der Waals surface area contributed by atoms with E-state index in [0.717, 1.165) is 36.3 Å². The molecule has 0 saturated carbocycles. The Morgan fingerprint density at radius 1 is 1.04 bits per heavy atom. The topological polar surface area (TPSA) is 49.8 Å². The molecule has 4 nitrogen and oxygen atoms in total. The van der Waals surface area contributed by atoms with E-state index in [4.69, 9.17) is 4.74 Å². The van der Waals surface area contributed by atoms with Crippen molar-refractivity contribution in [3.8, 4) is 11.5 Å². The molecule has 1 amide bonds. The molecule has 2 heterocycles. The van der Waals surface area contributed by atoms with Gasteiger partial charge in [-0.15, -0.1) is 0 Å². The van der Waals surface area contributed by atoms with Gasteiger partial charge in [-0.3, -0.25) is 4.79 Å². The van der Waals surface area contributed by atoms with Gasteiger partial charge in [-0.05, 0) is 81.0 Å². The Morgan fingerprint density at radius 2 is 1.73 bits per heavy atom. The predicted octanol–water partition coefficient (Wildman–Crippen LogP) is 4.31. The molecule has 0 aromatic heterocycles. The van der Waals surface area contributed by atoms with Crippen molar-refractivity contribution in [2.75, 3.05) is 0 Å². The third kappa shape index (κ3) is 3.47. The van der Waals surface area contributed by atoms with Gasteiger partial charge in [-0.1, -0.05) is 12.1 Å². The number of nitrogens with zero attached hydrogens (tertiary/aromatic N) is 1. The molecule has 4 heteroatoms. The number of benzene rings is 2. The van der Waals surface area contributed by atoms with Gasteiger partial charge in [0.25, 0.3) is 5.91 Å². The lowest BCUT2D eigenvalue weighted by Gasteiger charge is -2.47. The summed E-state index contributed by atoms with van der Waals surface area (Å²) in [5.74, 6) is 1.60. The van der Waals surface area contributed by atoms with E-state index in [9.17, 15) is 9.90 Å². The third-order valence-corrected chi connectivity index (χ3v) is 5.51. The van der Waals surface area contributed by atoms with Crippen LogP contribution < -0.4 is 4.74 Å². The highest BCUT2D eigenvalue weighted by atomic mass is 16.5. The largest absolute Gasteiger partial charge is 0.457 e. The first kappa shape index (κ1) is 17.1. The number of piperidine rings is 2. The summed E-state index contributed by atoms with van der Waals surface area (Å²) in [7, 11) is 0. The molecule has 26 heavy (non-hydrogen) atoms. The van der Waals surface area contributed by atoms with E-state index in [1.807, 2.05) is 60.4 Å². The third-order valence-electron chi connectivity index (χ3n) is 5.51. The fraction of sp³-hybridized carbons (Fsp3) is 0.409. The second kappa shape index (κ2) is 7.12. The van der Waals surface area contributed by atoms with Gasteiger partial charge in [0.2, 0.25) is 0 Å². The highest BCUT2D eigenvalue weighted by Crippen LogP contribution is 2.35. The van der Waals surface area contributed by atoms with Crippen molar-refractivity contribution in [3.63, 3.8) is 0 Å². The van der Waals surface area contributed by atoms with E-state index >= 15 is 0 Å². The molecule has 2 fully saturated rings. The number of amides is 1. The molecule has 4 rings (SSSR count). The summed E-state index contributed by atoms with van der Waals surface area (Å²) < 4.78 is 5.87. The van der Waals surface area contributed by atoms with Crippen LogP contribution in [0.4, 0.5) is 0 Å². The summed E-state index contributed by atoms with van der Waals surface area (Å²) in [5, 5.41) is 10.0. The smallest absolute Gasteiger partial charge is 0.254 e. The van der Waals surface area contributed by atoms with E-state index in [1.54, 1.807) is 0 Å².